The van der Waals surface area contributed by atoms with Gasteiger partial charge in [0.05, 0.1) is 12.5 Å². The van der Waals surface area contributed by atoms with Gasteiger partial charge in [-0.15, -0.1) is 0 Å². The van der Waals surface area contributed by atoms with Crippen molar-refractivity contribution in [3.05, 3.63) is 0 Å². The van der Waals surface area contributed by atoms with Gasteiger partial charge in [-0.3, -0.25) is 0 Å². The smallest absolute Gasteiger partial charge is 0.392 e. The summed E-state index contributed by atoms with van der Waals surface area (Å²) in [6.45, 7) is -0.241. The van der Waals surface area contributed by atoms with Crippen molar-refractivity contribution >= 4 is 11.8 Å². The van der Waals surface area contributed by atoms with E-state index < -0.39 is 22.9 Å². The van der Waals surface area contributed by atoms with Crippen molar-refractivity contribution in [1.82, 2.24) is 0 Å². The first kappa shape index (κ1) is 13.1. The number of hydrogen-bond donors (Lipinski definition) is 2. The summed E-state index contributed by atoms with van der Waals surface area (Å²) in [4.78, 5) is 0. The molecule has 6 heteroatoms. The van der Waals surface area contributed by atoms with E-state index >= 15 is 0 Å². The fourth-order valence-electron chi connectivity index (χ4n) is 2.04. The highest BCUT2D eigenvalue weighted by Crippen LogP contribution is 2.44. The molecule has 2 nitrogen and oxygen atoms in total. The quantitative estimate of drug-likeness (QED) is 0.777. The van der Waals surface area contributed by atoms with Gasteiger partial charge in [0, 0.05) is 10.8 Å². The molecule has 0 saturated heterocycles. The molecule has 15 heavy (non-hydrogen) atoms. The standard InChI is InChI=1S/C9H16F3NOS/c1-15-7-4-8(13,5-14)3-2-6(7)9(10,11)12/h6-7,14H,2-5,13H2,1H3. The van der Waals surface area contributed by atoms with Crippen LogP contribution in [0.5, 0.6) is 0 Å². The first-order valence-corrected chi connectivity index (χ1v) is 6.10. The van der Waals surface area contributed by atoms with Crippen LogP contribution in [-0.2, 0) is 0 Å². The summed E-state index contributed by atoms with van der Waals surface area (Å²) < 4.78 is 37.9. The maximum Gasteiger partial charge on any atom is 0.392 e. The van der Waals surface area contributed by atoms with Gasteiger partial charge in [0.1, 0.15) is 0 Å². The zero-order valence-corrected chi connectivity index (χ0v) is 9.37. The predicted octanol–water partition coefficient (Wildman–Crippen LogP) is 1.77. The first-order valence-electron chi connectivity index (χ1n) is 4.81. The number of halogens is 3. The Morgan fingerprint density at radius 3 is 2.53 bits per heavy atom. The van der Waals surface area contributed by atoms with E-state index in [-0.39, 0.29) is 25.9 Å². The van der Waals surface area contributed by atoms with Crippen LogP contribution < -0.4 is 5.73 Å². The molecule has 0 aromatic rings. The van der Waals surface area contributed by atoms with Gasteiger partial charge in [0.15, 0.2) is 0 Å². The summed E-state index contributed by atoms with van der Waals surface area (Å²) in [6, 6.07) is 0. The SMILES string of the molecule is CSC1CC(N)(CO)CCC1C(F)(F)F. The summed E-state index contributed by atoms with van der Waals surface area (Å²) in [5.41, 5.74) is 4.98. The summed E-state index contributed by atoms with van der Waals surface area (Å²) in [5, 5.41) is 8.51. The molecule has 1 aliphatic rings. The molecule has 1 fully saturated rings. The van der Waals surface area contributed by atoms with Gasteiger partial charge in [-0.2, -0.15) is 24.9 Å². The molecule has 0 aliphatic heterocycles. The van der Waals surface area contributed by atoms with E-state index in [1.807, 2.05) is 0 Å². The van der Waals surface area contributed by atoms with E-state index in [1.54, 1.807) is 6.26 Å². The molecular weight excluding hydrogens is 227 g/mol. The molecule has 0 spiro atoms. The molecule has 90 valence electrons. The number of aliphatic hydroxyl groups excluding tert-OH is 1. The summed E-state index contributed by atoms with van der Waals surface area (Å²) in [7, 11) is 0. The third-order valence-electron chi connectivity index (χ3n) is 3.05. The molecule has 3 atom stereocenters. The van der Waals surface area contributed by atoms with E-state index in [0.717, 1.165) is 0 Å². The summed E-state index contributed by atoms with van der Waals surface area (Å²) in [5.74, 6) is -1.28. The van der Waals surface area contributed by atoms with Crippen molar-refractivity contribution in [2.24, 2.45) is 11.7 Å². The Kier molecular flexibility index (Phi) is 3.95. The Hall–Kier alpha value is 0.0600. The lowest BCUT2D eigenvalue weighted by Crippen LogP contribution is -2.53. The highest BCUT2D eigenvalue weighted by Gasteiger charge is 2.49. The number of alkyl halides is 3. The van der Waals surface area contributed by atoms with Gasteiger partial charge in [0.2, 0.25) is 0 Å². The Labute approximate surface area is 91.4 Å². The van der Waals surface area contributed by atoms with Gasteiger partial charge in [0.25, 0.3) is 0 Å². The zero-order valence-electron chi connectivity index (χ0n) is 8.55. The number of aliphatic hydroxyl groups is 1. The third-order valence-corrected chi connectivity index (χ3v) is 4.15. The van der Waals surface area contributed by atoms with Gasteiger partial charge < -0.3 is 10.8 Å². The van der Waals surface area contributed by atoms with Crippen LogP contribution in [0.3, 0.4) is 0 Å². The van der Waals surface area contributed by atoms with Crippen molar-refractivity contribution in [3.63, 3.8) is 0 Å². The maximum atomic E-state index is 12.6. The van der Waals surface area contributed by atoms with E-state index in [2.05, 4.69) is 0 Å². The lowest BCUT2D eigenvalue weighted by atomic mass is 9.77. The van der Waals surface area contributed by atoms with E-state index in [9.17, 15) is 13.2 Å². The van der Waals surface area contributed by atoms with E-state index in [1.165, 1.54) is 11.8 Å². The van der Waals surface area contributed by atoms with Crippen LogP contribution in [-0.4, -0.2) is 34.9 Å². The molecular formula is C9H16F3NOS. The van der Waals surface area contributed by atoms with Crippen molar-refractivity contribution in [2.45, 2.75) is 36.2 Å². The Balaban J connectivity index is 2.73. The second-order valence-corrected chi connectivity index (χ2v) is 5.26. The molecule has 1 rings (SSSR count). The molecule has 0 heterocycles. The van der Waals surface area contributed by atoms with Crippen LogP contribution in [0.1, 0.15) is 19.3 Å². The molecule has 0 aromatic heterocycles. The van der Waals surface area contributed by atoms with Crippen LogP contribution in [0.2, 0.25) is 0 Å². The molecule has 3 N–H and O–H groups in total. The van der Waals surface area contributed by atoms with E-state index in [0.29, 0.717) is 0 Å². The topological polar surface area (TPSA) is 46.2 Å². The van der Waals surface area contributed by atoms with Crippen molar-refractivity contribution in [2.75, 3.05) is 12.9 Å². The van der Waals surface area contributed by atoms with Crippen LogP contribution in [0, 0.1) is 5.92 Å². The van der Waals surface area contributed by atoms with Crippen LogP contribution in [0.25, 0.3) is 0 Å². The number of hydrogen-bond acceptors (Lipinski definition) is 3. The Morgan fingerprint density at radius 1 is 1.53 bits per heavy atom. The monoisotopic (exact) mass is 243 g/mol. The van der Waals surface area contributed by atoms with Gasteiger partial charge in [-0.05, 0) is 25.5 Å². The lowest BCUT2D eigenvalue weighted by molar-refractivity contribution is -0.183. The lowest BCUT2D eigenvalue weighted by Gasteiger charge is -2.41. The van der Waals surface area contributed by atoms with Gasteiger partial charge >= 0.3 is 6.18 Å². The highest BCUT2D eigenvalue weighted by molar-refractivity contribution is 7.99. The highest BCUT2D eigenvalue weighted by atomic mass is 32.2. The van der Waals surface area contributed by atoms with Crippen molar-refractivity contribution < 1.29 is 18.3 Å². The fourth-order valence-corrected chi connectivity index (χ4v) is 3.16. The van der Waals surface area contributed by atoms with E-state index in [4.69, 9.17) is 10.8 Å². The minimum Gasteiger partial charge on any atom is -0.394 e. The average Bonchev–Trinajstić information content (AvgIpc) is 2.16. The minimum atomic E-state index is -4.15. The Morgan fingerprint density at radius 2 is 2.13 bits per heavy atom. The van der Waals surface area contributed by atoms with Gasteiger partial charge in [-0.25, -0.2) is 0 Å². The minimum absolute atomic E-state index is 0.0199. The average molecular weight is 243 g/mol. The largest absolute Gasteiger partial charge is 0.394 e. The molecule has 3 unspecified atom stereocenters. The molecule has 0 bridgehead atoms. The zero-order chi connectivity index (χ0) is 11.7. The molecule has 1 aliphatic carbocycles. The molecule has 0 amide bonds. The first-order chi connectivity index (χ1) is 6.82. The predicted molar refractivity (Wildman–Crippen MR) is 54.7 cm³/mol. The Bertz CT molecular complexity index is 224. The number of rotatable bonds is 2. The molecule has 0 radical (unpaired) electrons. The summed E-state index contributed by atoms with van der Waals surface area (Å²) in [6.07, 6.45) is -2.00. The van der Waals surface area contributed by atoms with Crippen LogP contribution >= 0.6 is 11.8 Å². The normalized spacial score (nSPS) is 38.0. The third kappa shape index (κ3) is 3.01. The van der Waals surface area contributed by atoms with Crippen molar-refractivity contribution in [3.8, 4) is 0 Å². The second kappa shape index (κ2) is 4.51. The molecule has 1 saturated carbocycles. The van der Waals surface area contributed by atoms with Crippen LogP contribution in [0.15, 0.2) is 0 Å². The number of nitrogens with two attached hydrogens (primary N) is 1. The van der Waals surface area contributed by atoms with Crippen LogP contribution in [0.4, 0.5) is 13.2 Å². The second-order valence-electron chi connectivity index (χ2n) is 4.19. The number of thioether (sulfide) groups is 1. The fraction of sp³-hybridized carbons (Fsp3) is 1.00. The summed E-state index contributed by atoms with van der Waals surface area (Å²) >= 11 is 1.19. The molecule has 0 aromatic carbocycles. The van der Waals surface area contributed by atoms with Gasteiger partial charge in [-0.1, -0.05) is 0 Å². The van der Waals surface area contributed by atoms with Crippen molar-refractivity contribution in [1.29, 1.82) is 0 Å². The maximum absolute atomic E-state index is 12.6.